The Labute approximate surface area is 155 Å². The number of carbonyl (C=O) groups excluding carboxylic acids is 1. The minimum absolute atomic E-state index is 0.205. The Bertz CT molecular complexity index is 743. The second-order valence-corrected chi connectivity index (χ2v) is 8.32. The molecule has 0 saturated heterocycles. The van der Waals surface area contributed by atoms with Crippen LogP contribution in [0.25, 0.3) is 0 Å². The molecular formula is C18H24F4N4O. The highest BCUT2D eigenvalue weighted by Crippen LogP contribution is 2.52. The van der Waals surface area contributed by atoms with Crippen molar-refractivity contribution in [2.45, 2.75) is 74.7 Å². The molecule has 3 aliphatic carbocycles. The number of halogens is 4. The van der Waals surface area contributed by atoms with Gasteiger partial charge in [-0.3, -0.25) is 10.00 Å². The van der Waals surface area contributed by atoms with Gasteiger partial charge in [-0.05, 0) is 18.8 Å². The SMILES string of the molecule is CN(C(=O)Nc1c(C2CCC2)c(C2CC(F)(F)C2)nn1C)C1CC(F)(F)C1. The summed E-state index contributed by atoms with van der Waals surface area (Å²) in [5, 5.41) is 7.25. The molecule has 150 valence electrons. The van der Waals surface area contributed by atoms with Crippen LogP contribution in [0.1, 0.15) is 68.0 Å². The molecule has 0 unspecified atom stereocenters. The van der Waals surface area contributed by atoms with Gasteiger partial charge in [-0.1, -0.05) is 6.42 Å². The predicted octanol–water partition coefficient (Wildman–Crippen LogP) is 4.46. The third-order valence-corrected chi connectivity index (χ3v) is 6.26. The summed E-state index contributed by atoms with van der Waals surface area (Å²) < 4.78 is 54.4. The van der Waals surface area contributed by atoms with E-state index in [1.165, 1.54) is 16.6 Å². The van der Waals surface area contributed by atoms with Gasteiger partial charge in [-0.15, -0.1) is 0 Å². The van der Waals surface area contributed by atoms with E-state index in [0.717, 1.165) is 24.8 Å². The fraction of sp³-hybridized carbons (Fsp3) is 0.778. The van der Waals surface area contributed by atoms with E-state index in [1.807, 2.05) is 0 Å². The van der Waals surface area contributed by atoms with Crippen molar-refractivity contribution in [1.82, 2.24) is 14.7 Å². The fourth-order valence-corrected chi connectivity index (χ4v) is 4.22. The standard InChI is InChI=1S/C18H24F4N4O/c1-25(12-8-18(21,22)9-12)16(27)23-15-13(10-4-3-5-10)14(24-26(15)2)11-6-17(19,20)7-11/h10-12H,3-9H2,1-2H3,(H,23,27). The van der Waals surface area contributed by atoms with E-state index in [4.69, 9.17) is 0 Å². The van der Waals surface area contributed by atoms with Crippen molar-refractivity contribution in [2.24, 2.45) is 7.05 Å². The molecule has 3 aliphatic rings. The van der Waals surface area contributed by atoms with Gasteiger partial charge in [0.2, 0.25) is 5.92 Å². The van der Waals surface area contributed by atoms with Crippen LogP contribution in [0, 0.1) is 0 Å². The number of alkyl halides is 4. The lowest BCUT2D eigenvalue weighted by Crippen LogP contribution is -2.52. The van der Waals surface area contributed by atoms with Crippen LogP contribution in [0.15, 0.2) is 0 Å². The lowest BCUT2D eigenvalue weighted by Gasteiger charge is -2.40. The summed E-state index contributed by atoms with van der Waals surface area (Å²) in [5.74, 6) is -4.93. The summed E-state index contributed by atoms with van der Waals surface area (Å²) in [4.78, 5) is 13.9. The molecule has 0 aliphatic heterocycles. The molecule has 0 radical (unpaired) electrons. The van der Waals surface area contributed by atoms with Gasteiger partial charge in [0.25, 0.3) is 5.92 Å². The van der Waals surface area contributed by atoms with Crippen LogP contribution >= 0.6 is 0 Å². The molecule has 3 fully saturated rings. The van der Waals surface area contributed by atoms with Crippen molar-refractivity contribution in [1.29, 1.82) is 0 Å². The molecule has 3 saturated carbocycles. The number of urea groups is 1. The third kappa shape index (κ3) is 3.29. The van der Waals surface area contributed by atoms with Crippen LogP contribution in [0.3, 0.4) is 0 Å². The zero-order valence-electron chi connectivity index (χ0n) is 15.4. The number of aryl methyl sites for hydroxylation is 1. The summed E-state index contributed by atoms with van der Waals surface area (Å²) in [6.07, 6.45) is 1.84. The Morgan fingerprint density at radius 2 is 1.70 bits per heavy atom. The van der Waals surface area contributed by atoms with Crippen molar-refractivity contribution in [3.8, 4) is 0 Å². The summed E-state index contributed by atoms with van der Waals surface area (Å²) in [7, 11) is 3.18. The van der Waals surface area contributed by atoms with E-state index in [0.29, 0.717) is 11.5 Å². The van der Waals surface area contributed by atoms with Gasteiger partial charge < -0.3 is 4.90 Å². The monoisotopic (exact) mass is 388 g/mol. The Balaban J connectivity index is 1.53. The normalized spacial score (nSPS) is 24.7. The van der Waals surface area contributed by atoms with E-state index in [9.17, 15) is 22.4 Å². The Morgan fingerprint density at radius 1 is 1.11 bits per heavy atom. The van der Waals surface area contributed by atoms with E-state index in [1.54, 1.807) is 7.05 Å². The Morgan fingerprint density at radius 3 is 2.19 bits per heavy atom. The van der Waals surface area contributed by atoms with Crippen molar-refractivity contribution in [3.63, 3.8) is 0 Å². The van der Waals surface area contributed by atoms with E-state index in [-0.39, 0.29) is 37.5 Å². The number of hydrogen-bond donors (Lipinski definition) is 1. The van der Waals surface area contributed by atoms with Crippen LogP contribution in [0.4, 0.5) is 28.2 Å². The quantitative estimate of drug-likeness (QED) is 0.774. The van der Waals surface area contributed by atoms with Gasteiger partial charge >= 0.3 is 6.03 Å². The molecule has 1 heterocycles. The molecular weight excluding hydrogens is 364 g/mol. The molecule has 0 bridgehead atoms. The van der Waals surface area contributed by atoms with Crippen LogP contribution in [-0.4, -0.2) is 45.6 Å². The number of carbonyl (C=O) groups is 1. The van der Waals surface area contributed by atoms with Crippen LogP contribution in [0.2, 0.25) is 0 Å². The molecule has 4 rings (SSSR count). The third-order valence-electron chi connectivity index (χ3n) is 6.26. The molecule has 0 spiro atoms. The van der Waals surface area contributed by atoms with Crippen LogP contribution < -0.4 is 5.32 Å². The molecule has 1 N–H and O–H groups in total. The van der Waals surface area contributed by atoms with Crippen molar-refractivity contribution in [2.75, 3.05) is 12.4 Å². The molecule has 0 aromatic carbocycles. The fourth-order valence-electron chi connectivity index (χ4n) is 4.22. The second kappa shape index (κ2) is 6.10. The minimum Gasteiger partial charge on any atom is -0.324 e. The average Bonchev–Trinajstić information content (AvgIpc) is 2.77. The zero-order valence-corrected chi connectivity index (χ0v) is 15.4. The van der Waals surface area contributed by atoms with E-state index < -0.39 is 23.9 Å². The molecule has 2 amide bonds. The maximum atomic E-state index is 13.4. The van der Waals surface area contributed by atoms with E-state index >= 15 is 0 Å². The van der Waals surface area contributed by atoms with Gasteiger partial charge in [0.15, 0.2) is 0 Å². The maximum Gasteiger partial charge on any atom is 0.323 e. The molecule has 27 heavy (non-hydrogen) atoms. The number of aromatic nitrogens is 2. The number of hydrogen-bond acceptors (Lipinski definition) is 2. The van der Waals surface area contributed by atoms with Gasteiger partial charge in [0.1, 0.15) is 5.82 Å². The number of rotatable bonds is 4. The van der Waals surface area contributed by atoms with Crippen LogP contribution in [-0.2, 0) is 7.05 Å². The Hall–Kier alpha value is -1.80. The molecule has 0 atom stereocenters. The molecule has 9 heteroatoms. The van der Waals surface area contributed by atoms with Gasteiger partial charge in [-0.25, -0.2) is 22.4 Å². The van der Waals surface area contributed by atoms with Crippen molar-refractivity contribution < 1.29 is 22.4 Å². The first-order valence-electron chi connectivity index (χ1n) is 9.42. The summed E-state index contributed by atoms with van der Waals surface area (Å²) in [6.45, 7) is 0. The summed E-state index contributed by atoms with van der Waals surface area (Å²) in [6, 6.07) is -0.963. The minimum atomic E-state index is -2.70. The molecule has 5 nitrogen and oxygen atoms in total. The molecule has 1 aromatic heterocycles. The zero-order chi connectivity index (χ0) is 19.6. The van der Waals surface area contributed by atoms with Crippen molar-refractivity contribution >= 4 is 11.8 Å². The number of amides is 2. The van der Waals surface area contributed by atoms with Gasteiger partial charge in [0.05, 0.1) is 5.69 Å². The van der Waals surface area contributed by atoms with Crippen molar-refractivity contribution in [3.05, 3.63) is 11.3 Å². The highest BCUT2D eigenvalue weighted by Gasteiger charge is 2.50. The highest BCUT2D eigenvalue weighted by molar-refractivity contribution is 5.89. The first kappa shape index (κ1) is 18.6. The van der Waals surface area contributed by atoms with E-state index in [2.05, 4.69) is 10.4 Å². The molecule has 1 aromatic rings. The largest absolute Gasteiger partial charge is 0.324 e. The highest BCUT2D eigenvalue weighted by atomic mass is 19.3. The summed E-state index contributed by atoms with van der Waals surface area (Å²) >= 11 is 0. The van der Waals surface area contributed by atoms with Crippen LogP contribution in [0.5, 0.6) is 0 Å². The van der Waals surface area contributed by atoms with Gasteiger partial charge in [0, 0.05) is 57.3 Å². The summed E-state index contributed by atoms with van der Waals surface area (Å²) in [5.41, 5.74) is 1.51. The lowest BCUT2D eigenvalue weighted by atomic mass is 9.73. The first-order valence-corrected chi connectivity index (χ1v) is 9.42. The second-order valence-electron chi connectivity index (χ2n) is 8.32. The maximum absolute atomic E-state index is 13.4. The average molecular weight is 388 g/mol. The topological polar surface area (TPSA) is 50.2 Å². The smallest absolute Gasteiger partial charge is 0.323 e. The lowest BCUT2D eigenvalue weighted by molar-refractivity contribution is -0.110. The predicted molar refractivity (Wildman–Crippen MR) is 91.5 cm³/mol. The van der Waals surface area contributed by atoms with Gasteiger partial charge in [-0.2, -0.15) is 5.10 Å². The number of nitrogens with one attached hydrogen (secondary N) is 1. The first-order chi connectivity index (χ1) is 12.6. The number of anilines is 1. The Kier molecular flexibility index (Phi) is 4.19. The number of nitrogens with zero attached hydrogens (tertiary/aromatic N) is 3.